The van der Waals surface area contributed by atoms with Crippen LogP contribution >= 0.6 is 0 Å². The molecule has 0 spiro atoms. The molecule has 3 rings (SSSR count). The number of carbonyl (C=O) groups excluding carboxylic acids is 1. The van der Waals surface area contributed by atoms with Crippen molar-refractivity contribution in [2.45, 2.75) is 19.9 Å². The highest BCUT2D eigenvalue weighted by molar-refractivity contribution is 6.40. The van der Waals surface area contributed by atoms with Gasteiger partial charge in [-0.1, -0.05) is 43.3 Å². The van der Waals surface area contributed by atoms with Gasteiger partial charge in [0.15, 0.2) is 0 Å². The van der Waals surface area contributed by atoms with Crippen molar-refractivity contribution in [2.75, 3.05) is 10.4 Å². The maximum Gasteiger partial charge on any atom is 0.286 e. The Balaban J connectivity index is 1.79. The number of nitrogens with zero attached hydrogens (tertiary/aromatic N) is 2. The van der Waals surface area contributed by atoms with Gasteiger partial charge in [-0.05, 0) is 31.2 Å². The molecular weight excluding hydrogens is 288 g/mol. The Hall–Kier alpha value is -2.82. The molecule has 1 heterocycles. The molecule has 23 heavy (non-hydrogen) atoms. The van der Waals surface area contributed by atoms with E-state index < -0.39 is 0 Å². The molecule has 2 unspecified atom stereocenters. The highest BCUT2D eigenvalue weighted by Gasteiger charge is 2.35. The van der Waals surface area contributed by atoms with E-state index in [1.807, 2.05) is 72.6 Å². The van der Waals surface area contributed by atoms with Gasteiger partial charge in [0.25, 0.3) is 5.91 Å². The van der Waals surface area contributed by atoms with Crippen LogP contribution in [0.5, 0.6) is 0 Å². The summed E-state index contributed by atoms with van der Waals surface area (Å²) in [6, 6.07) is 19.5. The molecule has 0 aliphatic carbocycles. The maximum absolute atomic E-state index is 12.4. The lowest BCUT2D eigenvalue weighted by atomic mass is 9.94. The number of nitrogens with one attached hydrogen (secondary N) is 2. The Kier molecular flexibility index (Phi) is 4.28. The van der Waals surface area contributed by atoms with E-state index in [1.54, 1.807) is 0 Å². The molecule has 1 saturated heterocycles. The zero-order valence-corrected chi connectivity index (χ0v) is 13.2. The van der Waals surface area contributed by atoms with Crippen molar-refractivity contribution in [1.82, 2.24) is 5.43 Å². The fourth-order valence-electron chi connectivity index (χ4n) is 2.61. The van der Waals surface area contributed by atoms with Crippen molar-refractivity contribution in [1.29, 1.82) is 0 Å². The zero-order chi connectivity index (χ0) is 16.2. The molecule has 1 amide bonds. The third kappa shape index (κ3) is 3.18. The Morgan fingerprint density at radius 3 is 2.26 bits per heavy atom. The standard InChI is InChI=1S/C18H20N4O/c1-13-14(2)22(16-11-7-4-8-12-16)21-18(23)17(13)20-19-15-9-5-3-6-10-15/h3-14,19H,1-2H3,(H,21,23)/b20-17-. The van der Waals surface area contributed by atoms with Crippen LogP contribution in [0.25, 0.3) is 0 Å². The van der Waals surface area contributed by atoms with Crippen molar-refractivity contribution in [3.05, 3.63) is 60.7 Å². The number of hydrogen-bond acceptors (Lipinski definition) is 4. The lowest BCUT2D eigenvalue weighted by Gasteiger charge is -2.39. The fraction of sp³-hybridized carbons (Fsp3) is 0.222. The molecule has 1 fully saturated rings. The van der Waals surface area contributed by atoms with Crippen LogP contribution in [-0.4, -0.2) is 17.7 Å². The summed E-state index contributed by atoms with van der Waals surface area (Å²) >= 11 is 0. The molecule has 0 saturated carbocycles. The third-order valence-corrected chi connectivity index (χ3v) is 4.13. The van der Waals surface area contributed by atoms with Gasteiger partial charge in [-0.25, -0.2) is 0 Å². The van der Waals surface area contributed by atoms with Crippen LogP contribution in [0.4, 0.5) is 11.4 Å². The third-order valence-electron chi connectivity index (χ3n) is 4.13. The molecule has 2 N–H and O–H groups in total. The van der Waals surface area contributed by atoms with E-state index in [1.165, 1.54) is 0 Å². The predicted octanol–water partition coefficient (Wildman–Crippen LogP) is 3.03. The van der Waals surface area contributed by atoms with Crippen molar-refractivity contribution < 1.29 is 4.79 Å². The number of hydrazine groups is 1. The van der Waals surface area contributed by atoms with E-state index in [0.29, 0.717) is 5.71 Å². The molecule has 1 aliphatic rings. The summed E-state index contributed by atoms with van der Waals surface area (Å²) in [6.07, 6.45) is 0. The Labute approximate surface area is 136 Å². The molecule has 118 valence electrons. The van der Waals surface area contributed by atoms with Crippen LogP contribution in [-0.2, 0) is 4.79 Å². The number of anilines is 2. The first-order valence-electron chi connectivity index (χ1n) is 7.70. The number of amides is 1. The first kappa shape index (κ1) is 15.1. The molecule has 0 aromatic heterocycles. The van der Waals surface area contributed by atoms with Crippen LogP contribution in [0.15, 0.2) is 65.8 Å². The van der Waals surface area contributed by atoms with Gasteiger partial charge < -0.3 is 0 Å². The predicted molar refractivity (Wildman–Crippen MR) is 93.2 cm³/mol. The normalized spacial score (nSPS) is 22.8. The molecule has 1 aliphatic heterocycles. The molecule has 0 radical (unpaired) electrons. The quantitative estimate of drug-likeness (QED) is 0.857. The Morgan fingerprint density at radius 2 is 1.61 bits per heavy atom. The summed E-state index contributed by atoms with van der Waals surface area (Å²) in [5.41, 5.74) is 8.22. The average molecular weight is 308 g/mol. The number of para-hydroxylation sites is 2. The lowest BCUT2D eigenvalue weighted by molar-refractivity contribution is -0.116. The van der Waals surface area contributed by atoms with E-state index >= 15 is 0 Å². The topological polar surface area (TPSA) is 56.7 Å². The van der Waals surface area contributed by atoms with Gasteiger partial charge in [0.2, 0.25) is 0 Å². The molecule has 5 heteroatoms. The molecule has 2 atom stereocenters. The average Bonchev–Trinajstić information content (AvgIpc) is 2.60. The van der Waals surface area contributed by atoms with Crippen LogP contribution in [0.1, 0.15) is 13.8 Å². The summed E-state index contributed by atoms with van der Waals surface area (Å²) in [7, 11) is 0. The lowest BCUT2D eigenvalue weighted by Crippen LogP contribution is -2.60. The summed E-state index contributed by atoms with van der Waals surface area (Å²) in [6.45, 7) is 4.10. The van der Waals surface area contributed by atoms with Crippen LogP contribution in [0.3, 0.4) is 0 Å². The van der Waals surface area contributed by atoms with Gasteiger partial charge in [0.05, 0.1) is 17.4 Å². The minimum Gasteiger partial charge on any atom is -0.282 e. The second kappa shape index (κ2) is 6.52. The van der Waals surface area contributed by atoms with E-state index in [9.17, 15) is 4.79 Å². The van der Waals surface area contributed by atoms with Crippen molar-refractivity contribution in [2.24, 2.45) is 11.0 Å². The van der Waals surface area contributed by atoms with E-state index in [2.05, 4.69) is 22.9 Å². The number of benzene rings is 2. The van der Waals surface area contributed by atoms with E-state index in [0.717, 1.165) is 11.4 Å². The van der Waals surface area contributed by atoms with Gasteiger partial charge in [-0.3, -0.25) is 20.7 Å². The smallest absolute Gasteiger partial charge is 0.282 e. The first-order chi connectivity index (χ1) is 11.2. The van der Waals surface area contributed by atoms with Gasteiger partial charge in [0, 0.05) is 5.92 Å². The molecule has 0 bridgehead atoms. The van der Waals surface area contributed by atoms with Gasteiger partial charge >= 0.3 is 0 Å². The summed E-state index contributed by atoms with van der Waals surface area (Å²) in [5.74, 6) is -0.178. The maximum atomic E-state index is 12.4. The number of hydrogen-bond donors (Lipinski definition) is 2. The zero-order valence-electron chi connectivity index (χ0n) is 13.2. The Morgan fingerprint density at radius 1 is 1.00 bits per heavy atom. The van der Waals surface area contributed by atoms with Crippen molar-refractivity contribution in [3.8, 4) is 0 Å². The second-order valence-electron chi connectivity index (χ2n) is 5.65. The highest BCUT2D eigenvalue weighted by atomic mass is 16.2. The van der Waals surface area contributed by atoms with Gasteiger partial charge in [-0.2, -0.15) is 5.10 Å². The second-order valence-corrected chi connectivity index (χ2v) is 5.65. The number of rotatable bonds is 3. The molecule has 5 nitrogen and oxygen atoms in total. The minimum atomic E-state index is -0.178. The molecule has 2 aromatic rings. The largest absolute Gasteiger partial charge is 0.286 e. The van der Waals surface area contributed by atoms with Crippen LogP contribution < -0.4 is 15.9 Å². The summed E-state index contributed by atoms with van der Waals surface area (Å²) in [5, 5.41) is 6.22. The number of hydrazone groups is 1. The molecule has 2 aromatic carbocycles. The molecular formula is C18H20N4O. The van der Waals surface area contributed by atoms with Crippen LogP contribution in [0, 0.1) is 5.92 Å². The monoisotopic (exact) mass is 308 g/mol. The fourth-order valence-corrected chi connectivity index (χ4v) is 2.61. The first-order valence-corrected chi connectivity index (χ1v) is 7.70. The SMILES string of the molecule is CC1/C(=N/Nc2ccccc2)C(=O)NN(c2ccccc2)C1C. The van der Waals surface area contributed by atoms with E-state index in [4.69, 9.17) is 0 Å². The summed E-state index contributed by atoms with van der Waals surface area (Å²) in [4.78, 5) is 12.4. The number of carbonyl (C=O) groups is 1. The van der Waals surface area contributed by atoms with E-state index in [-0.39, 0.29) is 17.9 Å². The van der Waals surface area contributed by atoms with Crippen molar-refractivity contribution >= 4 is 23.0 Å². The van der Waals surface area contributed by atoms with Gasteiger partial charge in [0.1, 0.15) is 5.71 Å². The minimum absolute atomic E-state index is 0.000156. The summed E-state index contributed by atoms with van der Waals surface area (Å²) < 4.78 is 0. The highest BCUT2D eigenvalue weighted by Crippen LogP contribution is 2.23. The van der Waals surface area contributed by atoms with Crippen molar-refractivity contribution in [3.63, 3.8) is 0 Å². The van der Waals surface area contributed by atoms with Gasteiger partial charge in [-0.15, -0.1) is 0 Å². The van der Waals surface area contributed by atoms with Crippen LogP contribution in [0.2, 0.25) is 0 Å². The Bertz CT molecular complexity index is 699.